The summed E-state index contributed by atoms with van der Waals surface area (Å²) in [5.74, 6) is 0. The Morgan fingerprint density at radius 3 is 1.25 bits per heavy atom. The molecule has 1 radical (unpaired) electrons. The number of hydrogen-bond acceptors (Lipinski definition) is 2. The molecule has 3 nitrogen and oxygen atoms in total. The Kier molecular flexibility index (Phi) is 4.81. The minimum Gasteiger partial charge on any atom is -0.281 e. The zero-order valence-electron chi connectivity index (χ0n) is 5.14. The predicted octanol–water partition coefficient (Wildman–Crippen LogP) is 1.03. The summed E-state index contributed by atoms with van der Waals surface area (Å²) in [6.45, 7) is 0. The van der Waals surface area contributed by atoms with Gasteiger partial charge in [0.2, 0.25) is 0 Å². The van der Waals surface area contributed by atoms with Crippen LogP contribution >= 0.6 is 0 Å². The maximum Gasteiger partial charge on any atom is 0.472 e. The fourth-order valence-electron chi connectivity index (χ4n) is 0.146. The van der Waals surface area contributed by atoms with Gasteiger partial charge in [-0.15, -0.1) is 0 Å². The summed E-state index contributed by atoms with van der Waals surface area (Å²) in [4.78, 5) is 0. The molecule has 0 heterocycles. The van der Waals surface area contributed by atoms with Crippen LogP contribution in [-0.2, 0) is 42.8 Å². The van der Waals surface area contributed by atoms with E-state index in [9.17, 15) is 30.4 Å². The van der Waals surface area contributed by atoms with E-state index in [1.54, 1.807) is 0 Å². The molecule has 0 aliphatic heterocycles. The van der Waals surface area contributed by atoms with Crippen molar-refractivity contribution in [3.8, 4) is 0 Å². The normalized spacial score (nSPS) is 13.8. The molecular formula is C2HF5O3SY. The first-order valence-corrected chi connectivity index (χ1v) is 3.36. The molecule has 0 atom stereocenters. The van der Waals surface area contributed by atoms with Gasteiger partial charge in [0.25, 0.3) is 0 Å². The summed E-state index contributed by atoms with van der Waals surface area (Å²) in [6.07, 6.45) is -6.29. The summed E-state index contributed by atoms with van der Waals surface area (Å²) in [7, 11) is -6.42. The molecule has 0 saturated carbocycles. The standard InChI is InChI=1S/C2HF5O3S.Y/c3-1(4,5)2(6,7)11(8,9)10;/h(H,8,9,10);. The van der Waals surface area contributed by atoms with Gasteiger partial charge in [-0.25, -0.2) is 0 Å². The van der Waals surface area contributed by atoms with Crippen LogP contribution in [0.4, 0.5) is 22.0 Å². The van der Waals surface area contributed by atoms with Gasteiger partial charge >= 0.3 is 21.5 Å². The fraction of sp³-hybridized carbons (Fsp3) is 1.00. The van der Waals surface area contributed by atoms with Gasteiger partial charge in [-0.1, -0.05) is 0 Å². The molecule has 0 unspecified atom stereocenters. The van der Waals surface area contributed by atoms with Crippen molar-refractivity contribution in [1.82, 2.24) is 0 Å². The van der Waals surface area contributed by atoms with Gasteiger partial charge in [0.1, 0.15) is 0 Å². The first-order valence-electron chi connectivity index (χ1n) is 1.91. The van der Waals surface area contributed by atoms with Gasteiger partial charge < -0.3 is 0 Å². The van der Waals surface area contributed by atoms with E-state index < -0.39 is 21.5 Å². The third kappa shape index (κ3) is 2.86. The molecule has 10 heteroatoms. The van der Waals surface area contributed by atoms with Crippen LogP contribution in [-0.4, -0.2) is 24.4 Å². The van der Waals surface area contributed by atoms with E-state index in [2.05, 4.69) is 0 Å². The molecule has 0 bridgehead atoms. The van der Waals surface area contributed by atoms with Crippen LogP contribution in [0.1, 0.15) is 0 Å². The molecule has 0 saturated heterocycles. The summed E-state index contributed by atoms with van der Waals surface area (Å²) in [5.41, 5.74) is 0. The second kappa shape index (κ2) is 3.81. The molecule has 0 fully saturated rings. The Hall–Kier alpha value is 0.664. The third-order valence-electron chi connectivity index (χ3n) is 0.654. The molecule has 0 aromatic rings. The SMILES string of the molecule is O=S(=O)(O)C(F)(F)C(F)(F)F.[Y]. The number of hydrogen-bond donors (Lipinski definition) is 1. The number of rotatable bonds is 1. The average molecular weight is 289 g/mol. The molecule has 0 rings (SSSR count). The number of alkyl halides is 5. The zero-order chi connectivity index (χ0) is 9.50. The van der Waals surface area contributed by atoms with E-state index in [1.165, 1.54) is 0 Å². The van der Waals surface area contributed by atoms with E-state index in [1.807, 2.05) is 0 Å². The molecule has 0 aliphatic rings. The third-order valence-corrected chi connectivity index (χ3v) is 1.53. The molecule has 71 valence electrons. The molecule has 0 aromatic heterocycles. The van der Waals surface area contributed by atoms with E-state index in [0.29, 0.717) is 0 Å². The van der Waals surface area contributed by atoms with Crippen molar-refractivity contribution >= 4 is 10.1 Å². The quantitative estimate of drug-likeness (QED) is 0.579. The molecule has 0 aromatic carbocycles. The summed E-state index contributed by atoms with van der Waals surface area (Å²) in [6, 6.07) is 0. The van der Waals surface area contributed by atoms with Gasteiger partial charge in [0.15, 0.2) is 0 Å². The van der Waals surface area contributed by atoms with Crippen molar-refractivity contribution in [3.63, 3.8) is 0 Å². The zero-order valence-corrected chi connectivity index (χ0v) is 8.79. The van der Waals surface area contributed by atoms with Gasteiger partial charge in [-0.05, 0) is 0 Å². The molecule has 12 heavy (non-hydrogen) atoms. The fourth-order valence-corrected chi connectivity index (χ4v) is 0.439. The largest absolute Gasteiger partial charge is 0.472 e. The predicted molar refractivity (Wildman–Crippen MR) is 22.6 cm³/mol. The van der Waals surface area contributed by atoms with E-state index in [0.717, 1.165) is 0 Å². The summed E-state index contributed by atoms with van der Waals surface area (Å²) < 4.78 is 82.2. The molecule has 0 amide bonds. The van der Waals surface area contributed by atoms with Gasteiger partial charge in [-0.3, -0.25) is 4.55 Å². The molecular weight excluding hydrogens is 288 g/mol. The first kappa shape index (κ1) is 15.2. The minimum absolute atomic E-state index is 0. The van der Waals surface area contributed by atoms with Crippen LogP contribution < -0.4 is 0 Å². The summed E-state index contributed by atoms with van der Waals surface area (Å²) in [5, 5.41) is -6.10. The van der Waals surface area contributed by atoms with E-state index in [-0.39, 0.29) is 32.7 Å². The first-order chi connectivity index (χ1) is 4.50. The van der Waals surface area contributed by atoms with E-state index in [4.69, 9.17) is 4.55 Å². The van der Waals surface area contributed by atoms with Crippen LogP contribution in [0.3, 0.4) is 0 Å². The Morgan fingerprint density at radius 2 is 1.25 bits per heavy atom. The van der Waals surface area contributed by atoms with E-state index >= 15 is 0 Å². The average Bonchev–Trinajstić information content (AvgIpc) is 1.58. The summed E-state index contributed by atoms with van der Waals surface area (Å²) >= 11 is 0. The second-order valence-corrected chi connectivity index (χ2v) is 2.95. The van der Waals surface area contributed by atoms with Crippen molar-refractivity contribution in [2.75, 3.05) is 0 Å². The van der Waals surface area contributed by atoms with Gasteiger partial charge in [0.05, 0.1) is 0 Å². The van der Waals surface area contributed by atoms with Crippen LogP contribution in [0.25, 0.3) is 0 Å². The molecule has 0 aliphatic carbocycles. The minimum atomic E-state index is -6.42. The van der Waals surface area contributed by atoms with Crippen molar-refractivity contribution in [3.05, 3.63) is 0 Å². The maximum absolute atomic E-state index is 11.5. The Balaban J connectivity index is 0. The Labute approximate surface area is 88.9 Å². The van der Waals surface area contributed by atoms with Gasteiger partial charge in [-0.2, -0.15) is 30.4 Å². The van der Waals surface area contributed by atoms with Crippen molar-refractivity contribution in [2.45, 2.75) is 11.4 Å². The van der Waals surface area contributed by atoms with Crippen molar-refractivity contribution < 1.29 is 67.6 Å². The Bertz CT molecular complexity index is 242. The van der Waals surface area contributed by atoms with Crippen LogP contribution in [0.2, 0.25) is 0 Å². The second-order valence-electron chi connectivity index (χ2n) is 1.49. The smallest absolute Gasteiger partial charge is 0.281 e. The number of halogens is 5. The van der Waals surface area contributed by atoms with Crippen molar-refractivity contribution in [2.24, 2.45) is 0 Å². The molecule has 1 N–H and O–H groups in total. The molecule has 0 spiro atoms. The van der Waals surface area contributed by atoms with Crippen molar-refractivity contribution in [1.29, 1.82) is 0 Å². The monoisotopic (exact) mass is 289 g/mol. The van der Waals surface area contributed by atoms with Crippen LogP contribution in [0.15, 0.2) is 0 Å². The Morgan fingerprint density at radius 1 is 1.00 bits per heavy atom. The van der Waals surface area contributed by atoms with Crippen LogP contribution in [0, 0.1) is 0 Å². The maximum atomic E-state index is 11.5. The topological polar surface area (TPSA) is 54.4 Å². The van der Waals surface area contributed by atoms with Gasteiger partial charge in [0, 0.05) is 32.7 Å². The van der Waals surface area contributed by atoms with Crippen LogP contribution in [0.5, 0.6) is 0 Å².